The van der Waals surface area contributed by atoms with Crippen LogP contribution < -0.4 is 10.6 Å². The number of nitrogens with two attached hydrogens (primary N) is 1. The lowest BCUT2D eigenvalue weighted by Gasteiger charge is -2.37. The van der Waals surface area contributed by atoms with Gasteiger partial charge in [0.25, 0.3) is 0 Å². The molecule has 1 aliphatic rings. The molecule has 2 aromatic carbocycles. The monoisotopic (exact) mass is 385 g/mol. The number of hydrogen-bond donors (Lipinski definition) is 1. The van der Waals surface area contributed by atoms with E-state index in [4.69, 9.17) is 17.3 Å². The highest BCUT2D eigenvalue weighted by Gasteiger charge is 2.26. The van der Waals surface area contributed by atoms with E-state index in [2.05, 4.69) is 4.90 Å². The second-order valence-electron chi connectivity index (χ2n) is 6.82. The zero-order valence-electron chi connectivity index (χ0n) is 15.4. The minimum Gasteiger partial charge on any atom is -0.367 e. The number of benzene rings is 2. The standard InChI is InChI=1S/C21H24ClN3O2/c1-15(26)18-4-2-3-5-20(18)24-10-12-25(13-11-24)21(27)19(23)14-16-6-8-17(22)9-7-16/h2-9,19H,10-14,23H2,1H3/t19-/m0/s1. The topological polar surface area (TPSA) is 66.6 Å². The van der Waals surface area contributed by atoms with Crippen molar-refractivity contribution in [3.63, 3.8) is 0 Å². The number of carbonyl (C=O) groups is 2. The molecule has 5 nitrogen and oxygen atoms in total. The maximum atomic E-state index is 12.7. The van der Waals surface area contributed by atoms with E-state index < -0.39 is 6.04 Å². The molecule has 0 spiro atoms. The van der Waals surface area contributed by atoms with Gasteiger partial charge in [-0.05, 0) is 43.2 Å². The number of piperazine rings is 1. The highest BCUT2D eigenvalue weighted by molar-refractivity contribution is 6.30. The summed E-state index contributed by atoms with van der Waals surface area (Å²) >= 11 is 5.90. The number of Topliss-reactive ketones (excluding diaryl/α,β-unsaturated/α-hetero) is 1. The molecular weight excluding hydrogens is 362 g/mol. The maximum absolute atomic E-state index is 12.7. The Labute approximate surface area is 164 Å². The van der Waals surface area contributed by atoms with E-state index in [1.165, 1.54) is 0 Å². The molecule has 0 aliphatic carbocycles. The predicted octanol–water partition coefficient (Wildman–Crippen LogP) is 2.76. The normalized spacial score (nSPS) is 15.5. The molecule has 142 valence electrons. The van der Waals surface area contributed by atoms with Crippen LogP contribution in [0.3, 0.4) is 0 Å². The summed E-state index contributed by atoms with van der Waals surface area (Å²) in [5, 5.41) is 0.667. The third-order valence-corrected chi connectivity index (χ3v) is 5.15. The first-order valence-electron chi connectivity index (χ1n) is 9.09. The molecule has 1 atom stereocenters. The molecule has 6 heteroatoms. The van der Waals surface area contributed by atoms with E-state index >= 15 is 0 Å². The third kappa shape index (κ3) is 4.67. The van der Waals surface area contributed by atoms with Crippen LogP contribution >= 0.6 is 11.6 Å². The lowest BCUT2D eigenvalue weighted by molar-refractivity contribution is -0.132. The molecule has 1 saturated heterocycles. The Bertz CT molecular complexity index is 814. The van der Waals surface area contributed by atoms with E-state index in [1.807, 2.05) is 41.3 Å². The van der Waals surface area contributed by atoms with Gasteiger partial charge in [-0.1, -0.05) is 35.9 Å². The summed E-state index contributed by atoms with van der Waals surface area (Å²) in [6, 6.07) is 14.4. The van der Waals surface area contributed by atoms with E-state index in [1.54, 1.807) is 19.1 Å². The quantitative estimate of drug-likeness (QED) is 0.804. The molecule has 0 radical (unpaired) electrons. The largest absolute Gasteiger partial charge is 0.367 e. The second-order valence-corrected chi connectivity index (χ2v) is 7.26. The number of para-hydroxylation sites is 1. The minimum atomic E-state index is -0.567. The van der Waals surface area contributed by atoms with Crippen LogP contribution in [0.1, 0.15) is 22.8 Å². The van der Waals surface area contributed by atoms with Crippen molar-refractivity contribution < 1.29 is 9.59 Å². The Morgan fingerprint density at radius 1 is 1.04 bits per heavy atom. The van der Waals surface area contributed by atoms with Crippen LogP contribution in [-0.2, 0) is 11.2 Å². The number of ketones is 1. The molecular formula is C21H24ClN3O2. The van der Waals surface area contributed by atoms with Crippen LogP contribution in [0.25, 0.3) is 0 Å². The number of hydrogen-bond acceptors (Lipinski definition) is 4. The lowest BCUT2D eigenvalue weighted by Crippen LogP contribution is -2.53. The van der Waals surface area contributed by atoms with Crippen LogP contribution in [-0.4, -0.2) is 48.8 Å². The summed E-state index contributed by atoms with van der Waals surface area (Å²) in [6.45, 7) is 4.14. The van der Waals surface area contributed by atoms with Crippen molar-refractivity contribution in [1.29, 1.82) is 0 Å². The number of rotatable bonds is 5. The Hall–Kier alpha value is -2.37. The molecule has 0 bridgehead atoms. The van der Waals surface area contributed by atoms with Gasteiger partial charge < -0.3 is 15.5 Å². The van der Waals surface area contributed by atoms with Crippen LogP contribution in [0.15, 0.2) is 48.5 Å². The molecule has 1 aliphatic heterocycles. The van der Waals surface area contributed by atoms with Crippen LogP contribution in [0.2, 0.25) is 5.02 Å². The summed E-state index contributed by atoms with van der Waals surface area (Å²) in [4.78, 5) is 28.5. The Morgan fingerprint density at radius 3 is 2.30 bits per heavy atom. The van der Waals surface area contributed by atoms with Crippen molar-refractivity contribution in [2.45, 2.75) is 19.4 Å². The van der Waals surface area contributed by atoms with Crippen LogP contribution in [0.4, 0.5) is 5.69 Å². The Morgan fingerprint density at radius 2 is 1.67 bits per heavy atom. The molecule has 2 N–H and O–H groups in total. The molecule has 0 saturated carbocycles. The number of carbonyl (C=O) groups excluding carboxylic acids is 2. The van der Waals surface area contributed by atoms with Gasteiger partial charge >= 0.3 is 0 Å². The van der Waals surface area contributed by atoms with Crippen LogP contribution in [0.5, 0.6) is 0 Å². The fourth-order valence-corrected chi connectivity index (χ4v) is 3.54. The van der Waals surface area contributed by atoms with Gasteiger partial charge in [-0.2, -0.15) is 0 Å². The summed E-state index contributed by atoms with van der Waals surface area (Å²) in [5.74, 6) is 0.0125. The highest BCUT2D eigenvalue weighted by atomic mass is 35.5. The van der Waals surface area contributed by atoms with E-state index in [0.29, 0.717) is 37.6 Å². The fraction of sp³-hybridized carbons (Fsp3) is 0.333. The average molecular weight is 386 g/mol. The summed E-state index contributed by atoms with van der Waals surface area (Å²) < 4.78 is 0. The molecule has 3 rings (SSSR count). The first-order chi connectivity index (χ1) is 13.0. The molecule has 1 amide bonds. The van der Waals surface area contributed by atoms with Crippen molar-refractivity contribution in [2.75, 3.05) is 31.1 Å². The molecule has 27 heavy (non-hydrogen) atoms. The first-order valence-corrected chi connectivity index (χ1v) is 9.47. The number of nitrogens with zero attached hydrogens (tertiary/aromatic N) is 2. The van der Waals surface area contributed by atoms with Crippen molar-refractivity contribution in [2.24, 2.45) is 5.73 Å². The van der Waals surface area contributed by atoms with Gasteiger partial charge in [0.2, 0.25) is 5.91 Å². The summed E-state index contributed by atoms with van der Waals surface area (Å²) in [6.07, 6.45) is 0.489. The Balaban J connectivity index is 1.59. The SMILES string of the molecule is CC(=O)c1ccccc1N1CCN(C(=O)[C@@H](N)Cc2ccc(Cl)cc2)CC1. The van der Waals surface area contributed by atoms with Crippen LogP contribution in [0, 0.1) is 0 Å². The molecule has 0 unspecified atom stereocenters. The van der Waals surface area contributed by atoms with Gasteiger partial charge in [0.15, 0.2) is 5.78 Å². The van der Waals surface area contributed by atoms with Gasteiger partial charge in [-0.15, -0.1) is 0 Å². The summed E-state index contributed by atoms with van der Waals surface area (Å²) in [7, 11) is 0. The van der Waals surface area contributed by atoms with Crippen molar-refractivity contribution in [3.05, 3.63) is 64.7 Å². The molecule has 0 aromatic heterocycles. The average Bonchev–Trinajstić information content (AvgIpc) is 2.69. The number of anilines is 1. The molecule has 1 heterocycles. The fourth-order valence-electron chi connectivity index (χ4n) is 3.41. The predicted molar refractivity (Wildman–Crippen MR) is 108 cm³/mol. The van der Waals surface area contributed by atoms with Crippen molar-refractivity contribution in [3.8, 4) is 0 Å². The van der Waals surface area contributed by atoms with E-state index in [0.717, 1.165) is 16.8 Å². The van der Waals surface area contributed by atoms with Gasteiger partial charge in [-0.3, -0.25) is 9.59 Å². The van der Waals surface area contributed by atoms with E-state index in [-0.39, 0.29) is 11.7 Å². The minimum absolute atomic E-state index is 0.0375. The third-order valence-electron chi connectivity index (χ3n) is 4.90. The van der Waals surface area contributed by atoms with Gasteiger partial charge in [0.05, 0.1) is 6.04 Å². The maximum Gasteiger partial charge on any atom is 0.239 e. The highest BCUT2D eigenvalue weighted by Crippen LogP contribution is 2.22. The number of amides is 1. The Kier molecular flexibility index (Phi) is 6.14. The summed E-state index contributed by atoms with van der Waals surface area (Å²) in [5.41, 5.74) is 8.79. The molecule has 2 aromatic rings. The second kappa shape index (κ2) is 8.55. The first kappa shape index (κ1) is 19.4. The van der Waals surface area contributed by atoms with Gasteiger partial charge in [-0.25, -0.2) is 0 Å². The van der Waals surface area contributed by atoms with Crippen molar-refractivity contribution in [1.82, 2.24) is 4.90 Å². The van der Waals surface area contributed by atoms with E-state index in [9.17, 15) is 9.59 Å². The molecule has 1 fully saturated rings. The van der Waals surface area contributed by atoms with Crippen molar-refractivity contribution >= 4 is 29.0 Å². The zero-order valence-corrected chi connectivity index (χ0v) is 16.2. The number of halogens is 1. The smallest absolute Gasteiger partial charge is 0.239 e. The van der Waals surface area contributed by atoms with Gasteiger partial charge in [0.1, 0.15) is 0 Å². The zero-order chi connectivity index (χ0) is 19.4. The van der Waals surface area contributed by atoms with Gasteiger partial charge in [0, 0.05) is 42.5 Å². The lowest BCUT2D eigenvalue weighted by atomic mass is 10.0.